The van der Waals surface area contributed by atoms with Crippen molar-refractivity contribution in [1.82, 2.24) is 9.47 Å². The number of hydrogen-bond donors (Lipinski definition) is 1. The van der Waals surface area contributed by atoms with Gasteiger partial charge in [0.25, 0.3) is 5.91 Å². The SMILES string of the molecule is Cc1c(-c2ccc(C(F)(F)F)cc2)c(C(=O)N(C)CC(C)(C)O)n2c1C(F)(F)c1ccccc1C2. The fourth-order valence-electron chi connectivity index (χ4n) is 4.81. The largest absolute Gasteiger partial charge is 0.416 e. The number of carbonyl (C=O) groups excluding carboxylic acids is 1. The van der Waals surface area contributed by atoms with E-state index in [0.29, 0.717) is 5.56 Å². The number of halogens is 5. The summed E-state index contributed by atoms with van der Waals surface area (Å²) in [6.07, 6.45) is -4.56. The second-order valence-corrected chi connectivity index (χ2v) is 9.56. The van der Waals surface area contributed by atoms with Crippen LogP contribution in [0.2, 0.25) is 0 Å². The zero-order valence-corrected chi connectivity index (χ0v) is 19.7. The molecule has 1 aromatic heterocycles. The van der Waals surface area contributed by atoms with Gasteiger partial charge in [-0.25, -0.2) is 0 Å². The highest BCUT2D eigenvalue weighted by Gasteiger charge is 2.47. The van der Waals surface area contributed by atoms with Crippen LogP contribution >= 0.6 is 0 Å². The van der Waals surface area contributed by atoms with Crippen molar-refractivity contribution < 1.29 is 31.9 Å². The van der Waals surface area contributed by atoms with Gasteiger partial charge in [-0.2, -0.15) is 22.0 Å². The van der Waals surface area contributed by atoms with Gasteiger partial charge in [0.2, 0.25) is 0 Å². The first kappa shape index (κ1) is 24.9. The molecule has 0 atom stereocenters. The van der Waals surface area contributed by atoms with Crippen LogP contribution in [0, 0.1) is 6.92 Å². The third-order valence-corrected chi connectivity index (χ3v) is 6.16. The van der Waals surface area contributed by atoms with Crippen LogP contribution in [0.25, 0.3) is 11.1 Å². The summed E-state index contributed by atoms with van der Waals surface area (Å²) in [6.45, 7) is 4.39. The van der Waals surface area contributed by atoms with E-state index in [4.69, 9.17) is 0 Å². The maximum atomic E-state index is 15.8. The molecule has 0 aliphatic carbocycles. The number of alkyl halides is 5. The Morgan fingerprint density at radius 3 is 2.26 bits per heavy atom. The van der Waals surface area contributed by atoms with Crippen molar-refractivity contribution in [1.29, 1.82) is 0 Å². The van der Waals surface area contributed by atoms with Crippen LogP contribution in [0.4, 0.5) is 22.0 Å². The average molecular weight is 492 g/mol. The van der Waals surface area contributed by atoms with Gasteiger partial charge in [-0.05, 0) is 49.6 Å². The molecule has 9 heteroatoms. The molecule has 0 radical (unpaired) electrons. The highest BCUT2D eigenvalue weighted by Crippen LogP contribution is 2.48. The minimum Gasteiger partial charge on any atom is -0.389 e. The number of fused-ring (bicyclic) bond motifs is 2. The Kier molecular flexibility index (Phi) is 5.83. The molecule has 0 saturated heterocycles. The third-order valence-electron chi connectivity index (χ3n) is 6.16. The van der Waals surface area contributed by atoms with E-state index in [1.54, 1.807) is 12.1 Å². The maximum absolute atomic E-state index is 15.8. The van der Waals surface area contributed by atoms with Crippen molar-refractivity contribution in [2.24, 2.45) is 0 Å². The molecule has 35 heavy (non-hydrogen) atoms. The molecular weight excluding hydrogens is 467 g/mol. The lowest BCUT2D eigenvalue weighted by molar-refractivity contribution is -0.137. The standard InChI is InChI=1S/C26H25F5N2O2/c1-15-20(16-9-11-18(12-10-16)26(29,30)31)21(23(34)32(4)14-24(2,3)35)33-13-17-7-5-6-8-19(17)25(27,28)22(15)33/h5-12,35H,13-14H2,1-4H3. The number of aliphatic hydroxyl groups is 1. The summed E-state index contributed by atoms with van der Waals surface area (Å²) in [5.74, 6) is -4.04. The summed E-state index contributed by atoms with van der Waals surface area (Å²) in [5.41, 5.74) is -1.90. The molecule has 0 saturated carbocycles. The molecule has 4 nitrogen and oxygen atoms in total. The smallest absolute Gasteiger partial charge is 0.389 e. The number of rotatable bonds is 4. The van der Waals surface area contributed by atoms with E-state index in [1.807, 2.05) is 0 Å². The van der Waals surface area contributed by atoms with Gasteiger partial charge in [-0.1, -0.05) is 36.4 Å². The van der Waals surface area contributed by atoms with Crippen molar-refractivity contribution in [3.05, 3.63) is 82.2 Å². The molecule has 1 aliphatic rings. The second-order valence-electron chi connectivity index (χ2n) is 9.56. The number of nitrogens with zero attached hydrogens (tertiary/aromatic N) is 2. The zero-order chi connectivity index (χ0) is 25.9. The summed E-state index contributed by atoms with van der Waals surface area (Å²) in [7, 11) is 1.45. The summed E-state index contributed by atoms with van der Waals surface area (Å²) < 4.78 is 72.2. The van der Waals surface area contributed by atoms with Gasteiger partial charge in [0.15, 0.2) is 0 Å². The van der Waals surface area contributed by atoms with Crippen LogP contribution < -0.4 is 0 Å². The predicted octanol–water partition coefficient (Wildman–Crippen LogP) is 5.83. The Morgan fingerprint density at radius 2 is 1.69 bits per heavy atom. The molecule has 1 aliphatic heterocycles. The lowest BCUT2D eigenvalue weighted by Gasteiger charge is -2.30. The van der Waals surface area contributed by atoms with Gasteiger partial charge in [0.1, 0.15) is 5.69 Å². The summed E-state index contributed by atoms with van der Waals surface area (Å²) in [6, 6.07) is 10.2. The van der Waals surface area contributed by atoms with Gasteiger partial charge < -0.3 is 14.6 Å². The second kappa shape index (κ2) is 8.19. The molecule has 0 spiro atoms. The lowest BCUT2D eigenvalue weighted by Crippen LogP contribution is -2.41. The van der Waals surface area contributed by atoms with Crippen LogP contribution in [0.15, 0.2) is 48.5 Å². The normalized spacial score (nSPS) is 14.9. The Bertz CT molecular complexity index is 1280. The number of benzene rings is 2. The van der Waals surface area contributed by atoms with Crippen molar-refractivity contribution in [2.75, 3.05) is 13.6 Å². The topological polar surface area (TPSA) is 45.5 Å². The van der Waals surface area contributed by atoms with Crippen LogP contribution in [0.5, 0.6) is 0 Å². The van der Waals surface area contributed by atoms with E-state index < -0.39 is 29.2 Å². The third kappa shape index (κ3) is 4.33. The molecule has 2 aromatic carbocycles. The van der Waals surface area contributed by atoms with E-state index in [1.165, 1.54) is 61.6 Å². The molecule has 1 amide bonds. The number of amides is 1. The van der Waals surface area contributed by atoms with Gasteiger partial charge in [0.05, 0.1) is 16.9 Å². The van der Waals surface area contributed by atoms with Gasteiger partial charge in [-0.3, -0.25) is 4.79 Å². The van der Waals surface area contributed by atoms with Crippen molar-refractivity contribution in [3.8, 4) is 11.1 Å². The van der Waals surface area contributed by atoms with E-state index in [-0.39, 0.29) is 46.7 Å². The highest BCUT2D eigenvalue weighted by atomic mass is 19.4. The molecule has 1 N–H and O–H groups in total. The summed E-state index contributed by atoms with van der Waals surface area (Å²) in [4.78, 5) is 14.9. The van der Waals surface area contributed by atoms with E-state index in [2.05, 4.69) is 0 Å². The molecule has 186 valence electrons. The first-order valence-corrected chi connectivity index (χ1v) is 11.0. The number of hydrogen-bond acceptors (Lipinski definition) is 2. The Hall–Kier alpha value is -3.20. The molecule has 3 aromatic rings. The maximum Gasteiger partial charge on any atom is 0.416 e. The molecule has 2 heterocycles. The first-order valence-electron chi connectivity index (χ1n) is 11.0. The fraction of sp³-hybridized carbons (Fsp3) is 0.346. The van der Waals surface area contributed by atoms with Crippen LogP contribution in [0.1, 0.15) is 52.3 Å². The highest BCUT2D eigenvalue weighted by molar-refractivity contribution is 6.01. The monoisotopic (exact) mass is 492 g/mol. The number of carbonyl (C=O) groups is 1. The summed E-state index contributed by atoms with van der Waals surface area (Å²) in [5, 5.41) is 10.2. The quantitative estimate of drug-likeness (QED) is 0.466. The predicted molar refractivity (Wildman–Crippen MR) is 121 cm³/mol. The molecule has 4 rings (SSSR count). The molecule has 0 bridgehead atoms. The van der Waals surface area contributed by atoms with Gasteiger partial charge >= 0.3 is 12.1 Å². The minimum atomic E-state index is -4.56. The Labute approximate surface area is 199 Å². The first-order chi connectivity index (χ1) is 16.1. The van der Waals surface area contributed by atoms with Crippen molar-refractivity contribution in [2.45, 2.75) is 45.0 Å². The van der Waals surface area contributed by atoms with Crippen LogP contribution in [0.3, 0.4) is 0 Å². The number of likely N-dealkylation sites (N-methyl/N-ethyl adjacent to an activating group) is 1. The molecular formula is C26H25F5N2O2. The number of aromatic nitrogens is 1. The molecule has 0 fully saturated rings. The molecule has 0 unspecified atom stereocenters. The van der Waals surface area contributed by atoms with Gasteiger partial charge in [0, 0.05) is 31.3 Å². The van der Waals surface area contributed by atoms with E-state index in [0.717, 1.165) is 12.1 Å². The van der Waals surface area contributed by atoms with Crippen molar-refractivity contribution in [3.63, 3.8) is 0 Å². The van der Waals surface area contributed by atoms with Gasteiger partial charge in [-0.15, -0.1) is 0 Å². The van der Waals surface area contributed by atoms with E-state index in [9.17, 15) is 23.1 Å². The zero-order valence-electron chi connectivity index (χ0n) is 19.7. The van der Waals surface area contributed by atoms with E-state index >= 15 is 8.78 Å². The fourth-order valence-corrected chi connectivity index (χ4v) is 4.81. The average Bonchev–Trinajstić information content (AvgIpc) is 3.04. The Morgan fingerprint density at radius 1 is 1.09 bits per heavy atom. The van der Waals surface area contributed by atoms with Crippen LogP contribution in [-0.2, 0) is 18.6 Å². The van der Waals surface area contributed by atoms with Crippen molar-refractivity contribution >= 4 is 5.91 Å². The Balaban J connectivity index is 1.97. The van der Waals surface area contributed by atoms with Crippen LogP contribution in [-0.4, -0.2) is 39.7 Å². The summed E-state index contributed by atoms with van der Waals surface area (Å²) >= 11 is 0. The lowest BCUT2D eigenvalue weighted by atomic mass is 9.93. The minimum absolute atomic E-state index is 0.00000252.